The number of pyridine rings is 1. The summed E-state index contributed by atoms with van der Waals surface area (Å²) in [5, 5.41) is 7.52. The maximum Gasteiger partial charge on any atom is 0.323 e. The number of nitrogens with two attached hydrogens (primary N) is 1. The van der Waals surface area contributed by atoms with E-state index in [9.17, 15) is 9.59 Å². The number of aryl methyl sites for hydroxylation is 1. The van der Waals surface area contributed by atoms with Gasteiger partial charge in [-0.15, -0.1) is 0 Å². The number of amides is 3. The molecule has 0 atom stereocenters. The number of urea groups is 1. The largest absolute Gasteiger partial charge is 0.479 e. The molecule has 1 aliphatic rings. The van der Waals surface area contributed by atoms with Crippen LogP contribution in [0.2, 0.25) is 0 Å². The van der Waals surface area contributed by atoms with Gasteiger partial charge in [0.1, 0.15) is 5.52 Å². The van der Waals surface area contributed by atoms with Gasteiger partial charge < -0.3 is 15.4 Å². The van der Waals surface area contributed by atoms with Crippen LogP contribution in [0.5, 0.6) is 5.88 Å². The number of fused-ring (bicyclic) bond motifs is 1. The van der Waals surface area contributed by atoms with E-state index in [4.69, 9.17) is 10.5 Å². The molecule has 0 aromatic carbocycles. The highest BCUT2D eigenvalue weighted by molar-refractivity contribution is 7.23. The number of piperidine rings is 1. The molecule has 0 unspecified atom stereocenters. The van der Waals surface area contributed by atoms with Gasteiger partial charge in [0.25, 0.3) is 0 Å². The summed E-state index contributed by atoms with van der Waals surface area (Å²) in [6, 6.07) is -0.248. The molecule has 29 heavy (non-hydrogen) atoms. The van der Waals surface area contributed by atoms with Crippen LogP contribution in [0.3, 0.4) is 0 Å². The number of hydrogen-bond donors (Lipinski definition) is 2. The summed E-state index contributed by atoms with van der Waals surface area (Å²) in [5.41, 5.74) is 7.72. The molecule has 3 aromatic heterocycles. The second-order valence-corrected chi connectivity index (χ2v) is 7.87. The number of likely N-dealkylation sites (tertiary alicyclic amines) is 1. The third-order valence-corrected chi connectivity index (χ3v) is 6.00. The molecule has 10 nitrogen and oxygen atoms in total. The highest BCUT2D eigenvalue weighted by Crippen LogP contribution is 2.38. The first-order valence-electron chi connectivity index (χ1n) is 9.14. The van der Waals surface area contributed by atoms with E-state index in [-0.39, 0.29) is 17.9 Å². The number of thiazole rings is 1. The Hall–Kier alpha value is -3.21. The van der Waals surface area contributed by atoms with Gasteiger partial charge in [-0.25, -0.2) is 14.8 Å². The lowest BCUT2D eigenvalue weighted by Gasteiger charge is -2.30. The van der Waals surface area contributed by atoms with Crippen LogP contribution in [0.1, 0.15) is 12.8 Å². The Morgan fingerprint density at radius 3 is 2.69 bits per heavy atom. The van der Waals surface area contributed by atoms with E-state index in [1.54, 1.807) is 22.0 Å². The minimum Gasteiger partial charge on any atom is -0.479 e. The van der Waals surface area contributed by atoms with E-state index in [0.29, 0.717) is 42.5 Å². The SMILES string of the molecule is COc1ncc(-c2cnn(C)c2)c2sc(NC(=O)N3CCC(C(N)=O)CC3)nc12. The van der Waals surface area contributed by atoms with E-state index in [2.05, 4.69) is 20.4 Å². The van der Waals surface area contributed by atoms with Crippen LogP contribution >= 0.6 is 11.3 Å². The van der Waals surface area contributed by atoms with Gasteiger partial charge in [-0.2, -0.15) is 5.10 Å². The fourth-order valence-electron chi connectivity index (χ4n) is 3.40. The molecule has 0 bridgehead atoms. The van der Waals surface area contributed by atoms with Gasteiger partial charge in [0.2, 0.25) is 11.8 Å². The Morgan fingerprint density at radius 1 is 1.31 bits per heavy atom. The first kappa shape index (κ1) is 19.1. The lowest BCUT2D eigenvalue weighted by atomic mass is 9.96. The van der Waals surface area contributed by atoms with Gasteiger partial charge in [-0.1, -0.05) is 11.3 Å². The minimum atomic E-state index is -0.307. The number of aromatic nitrogens is 4. The predicted molar refractivity (Wildman–Crippen MR) is 109 cm³/mol. The van der Waals surface area contributed by atoms with Crippen molar-refractivity contribution in [1.82, 2.24) is 24.6 Å². The molecule has 4 rings (SSSR count). The zero-order chi connectivity index (χ0) is 20.5. The quantitative estimate of drug-likeness (QED) is 0.669. The monoisotopic (exact) mass is 415 g/mol. The molecular weight excluding hydrogens is 394 g/mol. The second-order valence-electron chi connectivity index (χ2n) is 6.87. The second kappa shape index (κ2) is 7.66. The van der Waals surface area contributed by atoms with Gasteiger partial charge in [0, 0.05) is 49.6 Å². The van der Waals surface area contributed by atoms with Crippen molar-refractivity contribution in [3.05, 3.63) is 18.6 Å². The average Bonchev–Trinajstić information content (AvgIpc) is 3.33. The molecule has 3 aromatic rings. The third kappa shape index (κ3) is 3.73. The van der Waals surface area contributed by atoms with Crippen molar-refractivity contribution in [2.45, 2.75) is 12.8 Å². The molecule has 1 saturated heterocycles. The number of carbonyl (C=O) groups excluding carboxylic acids is 2. The van der Waals surface area contributed by atoms with Crippen molar-refractivity contribution in [2.24, 2.45) is 18.7 Å². The predicted octanol–water partition coefficient (Wildman–Crippen LogP) is 1.83. The normalized spacial score (nSPS) is 14.9. The topological polar surface area (TPSA) is 128 Å². The van der Waals surface area contributed by atoms with E-state index in [1.807, 2.05) is 13.2 Å². The molecule has 0 radical (unpaired) electrons. The number of hydrogen-bond acceptors (Lipinski definition) is 7. The van der Waals surface area contributed by atoms with Crippen molar-refractivity contribution < 1.29 is 14.3 Å². The highest BCUT2D eigenvalue weighted by atomic mass is 32.1. The van der Waals surface area contributed by atoms with Gasteiger partial charge in [0.15, 0.2) is 5.13 Å². The molecule has 1 aliphatic heterocycles. The number of methoxy groups -OCH3 is 1. The molecule has 1 fully saturated rings. The van der Waals surface area contributed by atoms with E-state index < -0.39 is 0 Å². The minimum absolute atomic E-state index is 0.168. The van der Waals surface area contributed by atoms with E-state index in [1.165, 1.54) is 18.4 Å². The van der Waals surface area contributed by atoms with Crippen molar-refractivity contribution in [2.75, 3.05) is 25.5 Å². The third-order valence-electron chi connectivity index (χ3n) is 4.99. The number of carbonyl (C=O) groups is 2. The summed E-state index contributed by atoms with van der Waals surface area (Å²) in [5.74, 6) is -0.0794. The van der Waals surface area contributed by atoms with Crippen molar-refractivity contribution in [1.29, 1.82) is 0 Å². The fraction of sp³-hybridized carbons (Fsp3) is 0.389. The molecular formula is C18H21N7O3S. The van der Waals surface area contributed by atoms with Crippen molar-refractivity contribution in [3.63, 3.8) is 0 Å². The maximum absolute atomic E-state index is 12.6. The standard InChI is InChI=1S/C18H21N7O3S/c1-24-9-11(7-21-24)12-8-20-16(28-2)13-14(12)29-17(22-13)23-18(27)25-5-3-10(4-6-25)15(19)26/h7-10H,3-6H2,1-2H3,(H2,19,26)(H,22,23,27). The Bertz CT molecular complexity index is 1070. The molecule has 0 spiro atoms. The van der Waals surface area contributed by atoms with Crippen LogP contribution in [0.15, 0.2) is 18.6 Å². The molecule has 152 valence electrons. The Morgan fingerprint density at radius 2 is 2.07 bits per heavy atom. The summed E-state index contributed by atoms with van der Waals surface area (Å²) in [4.78, 5) is 34.5. The van der Waals surface area contributed by atoms with Crippen LogP contribution in [0.25, 0.3) is 21.3 Å². The number of nitrogens with zero attached hydrogens (tertiary/aromatic N) is 5. The summed E-state index contributed by atoms with van der Waals surface area (Å²) >= 11 is 1.35. The number of nitrogens with one attached hydrogen (secondary N) is 1. The van der Waals surface area contributed by atoms with Gasteiger partial charge in [-0.05, 0) is 12.8 Å². The lowest BCUT2D eigenvalue weighted by Crippen LogP contribution is -2.43. The number of primary amides is 1. The zero-order valence-corrected chi connectivity index (χ0v) is 16.9. The van der Waals surface area contributed by atoms with Crippen LogP contribution in [0.4, 0.5) is 9.93 Å². The molecule has 4 heterocycles. The average molecular weight is 415 g/mol. The number of ether oxygens (including phenoxy) is 1. The summed E-state index contributed by atoms with van der Waals surface area (Å²) in [6.07, 6.45) is 6.52. The van der Waals surface area contributed by atoms with Crippen LogP contribution in [0, 0.1) is 5.92 Å². The summed E-state index contributed by atoms with van der Waals surface area (Å²) in [7, 11) is 3.38. The lowest BCUT2D eigenvalue weighted by molar-refractivity contribution is -0.122. The Balaban J connectivity index is 1.58. The highest BCUT2D eigenvalue weighted by Gasteiger charge is 2.26. The summed E-state index contributed by atoms with van der Waals surface area (Å²) < 4.78 is 7.91. The molecule has 3 N–H and O–H groups in total. The van der Waals surface area contributed by atoms with Crippen LogP contribution in [-0.4, -0.2) is 56.8 Å². The number of anilines is 1. The Kier molecular flexibility index (Phi) is 5.05. The molecule has 11 heteroatoms. The van der Waals surface area contributed by atoms with Crippen molar-refractivity contribution >= 4 is 38.6 Å². The maximum atomic E-state index is 12.6. The van der Waals surface area contributed by atoms with E-state index >= 15 is 0 Å². The van der Waals surface area contributed by atoms with Gasteiger partial charge >= 0.3 is 6.03 Å². The first-order chi connectivity index (χ1) is 14.0. The fourth-order valence-corrected chi connectivity index (χ4v) is 4.38. The van der Waals surface area contributed by atoms with E-state index in [0.717, 1.165) is 15.8 Å². The zero-order valence-electron chi connectivity index (χ0n) is 16.1. The summed E-state index contributed by atoms with van der Waals surface area (Å²) in [6.45, 7) is 0.965. The Labute approximate surface area is 170 Å². The smallest absolute Gasteiger partial charge is 0.323 e. The molecule has 3 amide bonds. The van der Waals surface area contributed by atoms with Crippen LogP contribution < -0.4 is 15.8 Å². The first-order valence-corrected chi connectivity index (χ1v) is 9.95. The van der Waals surface area contributed by atoms with Gasteiger partial charge in [-0.3, -0.25) is 14.8 Å². The van der Waals surface area contributed by atoms with Crippen LogP contribution in [-0.2, 0) is 11.8 Å². The van der Waals surface area contributed by atoms with Gasteiger partial charge in [0.05, 0.1) is 18.0 Å². The van der Waals surface area contributed by atoms with Crippen molar-refractivity contribution in [3.8, 4) is 17.0 Å². The molecule has 0 saturated carbocycles. The number of rotatable bonds is 4. The molecule has 0 aliphatic carbocycles.